The third-order valence-corrected chi connectivity index (χ3v) is 10.8. The molecule has 2 bridgehead atoms. The number of fused-ring (bicyclic) bond motifs is 3. The second-order valence-electron chi connectivity index (χ2n) is 11.4. The second kappa shape index (κ2) is 12.1. The van der Waals surface area contributed by atoms with Gasteiger partial charge < -0.3 is 14.7 Å². The van der Waals surface area contributed by atoms with E-state index in [1.807, 2.05) is 18.2 Å². The highest BCUT2D eigenvalue weighted by atomic mass is 35.5. The van der Waals surface area contributed by atoms with Crippen molar-refractivity contribution in [2.75, 3.05) is 18.0 Å². The lowest BCUT2D eigenvalue weighted by Gasteiger charge is -2.43. The van der Waals surface area contributed by atoms with Gasteiger partial charge >= 0.3 is 0 Å². The van der Waals surface area contributed by atoms with Crippen molar-refractivity contribution in [3.63, 3.8) is 0 Å². The quantitative estimate of drug-likeness (QED) is 0.433. The van der Waals surface area contributed by atoms with Crippen LogP contribution in [0.4, 0.5) is 5.69 Å². The number of sulfonamides is 1. The fraction of sp³-hybridized carbons (Fsp3) is 0.567. The van der Waals surface area contributed by atoms with Crippen LogP contribution in [-0.4, -0.2) is 43.9 Å². The Balaban J connectivity index is 1.52. The third-order valence-electron chi connectivity index (χ3n) is 8.79. The summed E-state index contributed by atoms with van der Waals surface area (Å²) < 4.78 is 34.5. The standard InChI is InChI=1S/C30H39ClN2O5S/c1-20-6-2-3-8-28(34)26-13-10-23(26)18-33-15-5-4-7-21-16-25(31)12-9-24(21)19-38-29-14-11-22(17-27(29)33)30(35)32-39(20,36)37/h9,11-12,14,16-17,20,23,26,28,34H,2-8,10,13,15,18-19H2,1H3,(H,32,35)/t20-,23+,26-,28+/m1/s1. The molecular weight excluding hydrogens is 536 g/mol. The van der Waals surface area contributed by atoms with Crippen molar-refractivity contribution in [3.8, 4) is 5.75 Å². The number of aliphatic hydroxyl groups excluding tert-OH is 1. The first-order valence-electron chi connectivity index (χ1n) is 14.2. The summed E-state index contributed by atoms with van der Waals surface area (Å²) in [5, 5.41) is 11.0. The molecule has 1 fully saturated rings. The van der Waals surface area contributed by atoms with Crippen LogP contribution in [0.25, 0.3) is 0 Å². The summed E-state index contributed by atoms with van der Waals surface area (Å²) in [5.41, 5.74) is 3.34. The van der Waals surface area contributed by atoms with Gasteiger partial charge in [-0.15, -0.1) is 0 Å². The third kappa shape index (κ3) is 6.55. The summed E-state index contributed by atoms with van der Waals surface area (Å²) in [6.07, 6.45) is 7.09. The maximum Gasteiger partial charge on any atom is 0.264 e. The van der Waals surface area contributed by atoms with Crippen molar-refractivity contribution in [2.24, 2.45) is 11.8 Å². The molecule has 9 heteroatoms. The number of halogens is 1. The summed E-state index contributed by atoms with van der Waals surface area (Å²) in [7, 11) is -3.83. The molecule has 1 amide bonds. The molecule has 5 rings (SSSR count). The van der Waals surface area contributed by atoms with Crippen LogP contribution in [0.2, 0.25) is 5.02 Å². The Bertz CT molecular complexity index is 1300. The summed E-state index contributed by atoms with van der Waals surface area (Å²) >= 11 is 6.29. The average molecular weight is 575 g/mol. The van der Waals surface area contributed by atoms with Gasteiger partial charge in [-0.05, 0) is 105 Å². The highest BCUT2D eigenvalue weighted by molar-refractivity contribution is 7.90. The first-order valence-corrected chi connectivity index (χ1v) is 16.2. The van der Waals surface area contributed by atoms with Crippen LogP contribution < -0.4 is 14.4 Å². The number of benzene rings is 2. The van der Waals surface area contributed by atoms with E-state index in [-0.39, 0.29) is 17.6 Å². The van der Waals surface area contributed by atoms with Crippen LogP contribution >= 0.6 is 11.6 Å². The van der Waals surface area contributed by atoms with Crippen LogP contribution in [0.15, 0.2) is 36.4 Å². The van der Waals surface area contributed by atoms with Crippen LogP contribution in [-0.2, 0) is 23.1 Å². The lowest BCUT2D eigenvalue weighted by atomic mass is 9.69. The predicted molar refractivity (Wildman–Crippen MR) is 154 cm³/mol. The fourth-order valence-corrected chi connectivity index (χ4v) is 7.38. The minimum absolute atomic E-state index is 0.236. The highest BCUT2D eigenvalue weighted by Gasteiger charge is 2.37. The van der Waals surface area contributed by atoms with Crippen LogP contribution in [0.1, 0.15) is 79.8 Å². The van der Waals surface area contributed by atoms with Gasteiger partial charge in [0.15, 0.2) is 0 Å². The Morgan fingerprint density at radius 2 is 1.82 bits per heavy atom. The normalized spacial score (nSPS) is 28.0. The van der Waals surface area contributed by atoms with Crippen molar-refractivity contribution in [3.05, 3.63) is 58.1 Å². The number of carbonyl (C=O) groups excluding carboxylic acids is 1. The van der Waals surface area contributed by atoms with Gasteiger partial charge in [0.25, 0.3) is 5.91 Å². The SMILES string of the molecule is C[C@@H]1CCCC[C@H](O)[C@@H]2CC[C@H]2CN2CCCCc3cc(Cl)ccc3COc3ccc(cc32)C(=O)NS1(=O)=O. The Kier molecular flexibility index (Phi) is 8.74. The van der Waals surface area contributed by atoms with Gasteiger partial charge in [0.2, 0.25) is 10.0 Å². The summed E-state index contributed by atoms with van der Waals surface area (Å²) in [6.45, 7) is 3.53. The molecule has 0 aromatic heterocycles. The molecule has 2 heterocycles. The van der Waals surface area contributed by atoms with Crippen LogP contribution in [0.3, 0.4) is 0 Å². The number of rotatable bonds is 0. The molecule has 0 unspecified atom stereocenters. The number of hydrogen-bond acceptors (Lipinski definition) is 6. The Morgan fingerprint density at radius 3 is 2.62 bits per heavy atom. The zero-order chi connectivity index (χ0) is 27.6. The molecule has 2 aromatic carbocycles. The largest absolute Gasteiger partial charge is 0.487 e. The minimum atomic E-state index is -3.83. The minimum Gasteiger partial charge on any atom is -0.487 e. The number of aryl methyl sites for hydroxylation is 1. The highest BCUT2D eigenvalue weighted by Crippen LogP contribution is 2.41. The van der Waals surface area contributed by atoms with Gasteiger partial charge in [0.05, 0.1) is 17.0 Å². The van der Waals surface area contributed by atoms with E-state index in [1.54, 1.807) is 25.1 Å². The van der Waals surface area contributed by atoms with E-state index < -0.39 is 21.2 Å². The fourth-order valence-electron chi connectivity index (χ4n) is 6.13. The van der Waals surface area contributed by atoms with Crippen molar-refractivity contribution in [2.45, 2.75) is 82.7 Å². The molecule has 3 aliphatic rings. The van der Waals surface area contributed by atoms with Gasteiger partial charge in [-0.25, -0.2) is 13.1 Å². The van der Waals surface area contributed by atoms with Crippen molar-refractivity contribution in [1.82, 2.24) is 4.72 Å². The first-order chi connectivity index (χ1) is 18.7. The Morgan fingerprint density at radius 1 is 1.00 bits per heavy atom. The Hall–Kier alpha value is -2.29. The van der Waals surface area contributed by atoms with Gasteiger partial charge in [-0.3, -0.25) is 4.79 Å². The molecule has 0 saturated heterocycles. The zero-order valence-electron chi connectivity index (χ0n) is 22.6. The van der Waals surface area contributed by atoms with Crippen molar-refractivity contribution >= 4 is 33.2 Å². The van der Waals surface area contributed by atoms with Gasteiger partial charge in [-0.1, -0.05) is 30.5 Å². The van der Waals surface area contributed by atoms with E-state index >= 15 is 0 Å². The lowest BCUT2D eigenvalue weighted by molar-refractivity contribution is 0.00935. The average Bonchev–Trinajstić information content (AvgIpc) is 2.91. The Labute approximate surface area is 236 Å². The molecule has 0 spiro atoms. The van der Waals surface area contributed by atoms with Crippen molar-refractivity contribution < 1.29 is 23.1 Å². The molecule has 2 aliphatic heterocycles. The number of anilines is 1. The van der Waals surface area contributed by atoms with Crippen molar-refractivity contribution in [1.29, 1.82) is 0 Å². The van der Waals surface area contributed by atoms with E-state index in [9.17, 15) is 18.3 Å². The molecule has 2 N–H and O–H groups in total. The summed E-state index contributed by atoms with van der Waals surface area (Å²) in [4.78, 5) is 15.4. The van der Waals surface area contributed by atoms with Crippen LogP contribution in [0.5, 0.6) is 5.75 Å². The molecule has 1 aliphatic carbocycles. The lowest BCUT2D eigenvalue weighted by Crippen LogP contribution is -2.44. The smallest absolute Gasteiger partial charge is 0.264 e. The molecule has 4 atom stereocenters. The van der Waals surface area contributed by atoms with Crippen LogP contribution in [0, 0.1) is 11.8 Å². The maximum absolute atomic E-state index is 13.2. The molecule has 0 radical (unpaired) electrons. The monoisotopic (exact) mass is 574 g/mol. The molecule has 1 saturated carbocycles. The maximum atomic E-state index is 13.2. The van der Waals surface area contributed by atoms with E-state index in [2.05, 4.69) is 9.62 Å². The summed E-state index contributed by atoms with van der Waals surface area (Å²) in [5.74, 6) is 0.629. The van der Waals surface area contributed by atoms with E-state index in [0.717, 1.165) is 62.9 Å². The molecular formula is C30H39ClN2O5S. The number of aliphatic hydroxyl groups is 1. The second-order valence-corrected chi connectivity index (χ2v) is 14.0. The predicted octanol–water partition coefficient (Wildman–Crippen LogP) is 5.47. The number of ether oxygens (including phenoxy) is 1. The summed E-state index contributed by atoms with van der Waals surface area (Å²) in [6, 6.07) is 11.1. The topological polar surface area (TPSA) is 95.9 Å². The number of amides is 1. The zero-order valence-corrected chi connectivity index (χ0v) is 24.1. The number of carbonyl (C=O) groups is 1. The molecule has 39 heavy (non-hydrogen) atoms. The molecule has 7 nitrogen and oxygen atoms in total. The van der Waals surface area contributed by atoms with Gasteiger partial charge in [0, 0.05) is 23.7 Å². The number of nitrogens with one attached hydrogen (secondary N) is 1. The molecule has 2 aromatic rings. The van der Waals surface area contributed by atoms with Gasteiger partial charge in [0.1, 0.15) is 12.4 Å². The molecule has 212 valence electrons. The number of hydrogen-bond donors (Lipinski definition) is 2. The number of nitrogens with zero attached hydrogens (tertiary/aromatic N) is 1. The van der Waals surface area contributed by atoms with Gasteiger partial charge in [-0.2, -0.15) is 0 Å². The van der Waals surface area contributed by atoms with E-state index in [1.165, 1.54) is 5.56 Å². The first kappa shape index (κ1) is 28.2. The van der Waals surface area contributed by atoms with E-state index in [0.29, 0.717) is 42.6 Å². The van der Waals surface area contributed by atoms with E-state index in [4.69, 9.17) is 16.3 Å².